The lowest BCUT2D eigenvalue weighted by atomic mass is 9.98. The third-order valence-corrected chi connectivity index (χ3v) is 3.19. The molecule has 0 fully saturated rings. The van der Waals surface area contributed by atoms with Gasteiger partial charge in [0.15, 0.2) is 0 Å². The van der Waals surface area contributed by atoms with Gasteiger partial charge in [0.1, 0.15) is 0 Å². The van der Waals surface area contributed by atoms with E-state index in [1.807, 2.05) is 6.92 Å². The zero-order chi connectivity index (χ0) is 14.3. The smallest absolute Gasteiger partial charge is 0.337 e. The van der Waals surface area contributed by atoms with E-state index < -0.39 is 5.97 Å². The second kappa shape index (κ2) is 7.56. The number of carboxylic acids is 1. The molecular formula is C15H21NO3. The van der Waals surface area contributed by atoms with Gasteiger partial charge >= 0.3 is 5.97 Å². The molecule has 0 radical (unpaired) electrons. The molecule has 0 aliphatic heterocycles. The summed E-state index contributed by atoms with van der Waals surface area (Å²) in [5, 5.41) is 11.8. The zero-order valence-corrected chi connectivity index (χ0v) is 11.5. The number of rotatable bonds is 7. The molecule has 1 aromatic rings. The summed E-state index contributed by atoms with van der Waals surface area (Å²) < 4.78 is 0. The number of hydrogen-bond donors (Lipinski definition) is 2. The van der Waals surface area contributed by atoms with Crippen molar-refractivity contribution in [2.24, 2.45) is 5.92 Å². The average molecular weight is 263 g/mol. The van der Waals surface area contributed by atoms with Crippen LogP contribution in [-0.4, -0.2) is 17.0 Å². The maximum absolute atomic E-state index is 12.1. The fourth-order valence-electron chi connectivity index (χ4n) is 1.98. The fraction of sp³-hybridized carbons (Fsp3) is 0.467. The van der Waals surface area contributed by atoms with Gasteiger partial charge < -0.3 is 10.4 Å². The summed E-state index contributed by atoms with van der Waals surface area (Å²) in [6.45, 7) is 4.06. The summed E-state index contributed by atoms with van der Waals surface area (Å²) in [7, 11) is 0. The molecule has 1 amide bonds. The van der Waals surface area contributed by atoms with Crippen LogP contribution < -0.4 is 5.32 Å². The lowest BCUT2D eigenvalue weighted by Gasteiger charge is -2.15. The molecule has 0 saturated carbocycles. The number of aromatic carboxylic acids is 1. The third-order valence-electron chi connectivity index (χ3n) is 3.19. The van der Waals surface area contributed by atoms with Gasteiger partial charge in [-0.05, 0) is 25.0 Å². The van der Waals surface area contributed by atoms with Gasteiger partial charge in [0, 0.05) is 5.92 Å². The molecular weight excluding hydrogens is 242 g/mol. The number of anilines is 1. The topological polar surface area (TPSA) is 66.4 Å². The lowest BCUT2D eigenvalue weighted by Crippen LogP contribution is -2.23. The van der Waals surface area contributed by atoms with E-state index in [2.05, 4.69) is 12.2 Å². The predicted molar refractivity (Wildman–Crippen MR) is 75.3 cm³/mol. The molecule has 1 unspecified atom stereocenters. The minimum absolute atomic E-state index is 0.0539. The highest BCUT2D eigenvalue weighted by molar-refractivity contribution is 6.01. The van der Waals surface area contributed by atoms with E-state index in [1.165, 1.54) is 6.07 Å². The van der Waals surface area contributed by atoms with Crippen LogP contribution >= 0.6 is 0 Å². The van der Waals surface area contributed by atoms with Crippen molar-refractivity contribution in [1.82, 2.24) is 0 Å². The number of para-hydroxylation sites is 1. The summed E-state index contributed by atoms with van der Waals surface area (Å²) in [5.41, 5.74) is 0.496. The number of hydrogen-bond acceptors (Lipinski definition) is 2. The molecule has 0 spiro atoms. The third kappa shape index (κ3) is 4.39. The molecule has 0 bridgehead atoms. The van der Waals surface area contributed by atoms with Crippen LogP contribution in [0.5, 0.6) is 0 Å². The highest BCUT2D eigenvalue weighted by atomic mass is 16.4. The van der Waals surface area contributed by atoms with Crippen molar-refractivity contribution < 1.29 is 14.7 Å². The van der Waals surface area contributed by atoms with E-state index in [9.17, 15) is 9.59 Å². The van der Waals surface area contributed by atoms with Gasteiger partial charge in [0.25, 0.3) is 0 Å². The quantitative estimate of drug-likeness (QED) is 0.790. The van der Waals surface area contributed by atoms with Crippen molar-refractivity contribution in [2.75, 3.05) is 5.32 Å². The molecule has 1 aromatic carbocycles. The summed E-state index contributed by atoms with van der Waals surface area (Å²) >= 11 is 0. The van der Waals surface area contributed by atoms with Crippen molar-refractivity contribution in [3.63, 3.8) is 0 Å². The van der Waals surface area contributed by atoms with E-state index in [0.29, 0.717) is 5.69 Å². The summed E-state index contributed by atoms with van der Waals surface area (Å²) in [5.74, 6) is -1.18. The van der Waals surface area contributed by atoms with Crippen molar-refractivity contribution in [3.8, 4) is 0 Å². The Morgan fingerprint density at radius 2 is 1.95 bits per heavy atom. The number of unbranched alkanes of at least 4 members (excludes halogenated alkanes) is 1. The van der Waals surface area contributed by atoms with E-state index >= 15 is 0 Å². The highest BCUT2D eigenvalue weighted by Gasteiger charge is 2.18. The Morgan fingerprint density at radius 1 is 1.26 bits per heavy atom. The maximum Gasteiger partial charge on any atom is 0.337 e. The van der Waals surface area contributed by atoms with Crippen LogP contribution in [0.25, 0.3) is 0 Å². The van der Waals surface area contributed by atoms with Crippen molar-refractivity contribution in [3.05, 3.63) is 29.8 Å². The molecule has 4 heteroatoms. The van der Waals surface area contributed by atoms with Crippen LogP contribution in [-0.2, 0) is 4.79 Å². The van der Waals surface area contributed by atoms with E-state index in [-0.39, 0.29) is 17.4 Å². The SMILES string of the molecule is CCCCC(CC)C(=O)Nc1ccccc1C(=O)O. The van der Waals surface area contributed by atoms with Crippen LogP contribution in [0.4, 0.5) is 5.69 Å². The monoisotopic (exact) mass is 263 g/mol. The number of benzene rings is 1. The summed E-state index contributed by atoms with van der Waals surface area (Å²) in [6, 6.07) is 6.47. The molecule has 19 heavy (non-hydrogen) atoms. The molecule has 0 aliphatic carbocycles. The molecule has 1 atom stereocenters. The first-order valence-electron chi connectivity index (χ1n) is 6.73. The summed E-state index contributed by atoms with van der Waals surface area (Å²) in [6.07, 6.45) is 3.66. The van der Waals surface area contributed by atoms with Crippen LogP contribution in [0.1, 0.15) is 49.9 Å². The molecule has 2 N–H and O–H groups in total. The van der Waals surface area contributed by atoms with Gasteiger partial charge in [-0.1, -0.05) is 38.8 Å². The van der Waals surface area contributed by atoms with Crippen LogP contribution in [0.3, 0.4) is 0 Å². The first-order chi connectivity index (χ1) is 9.10. The molecule has 104 valence electrons. The Bertz CT molecular complexity index is 443. The lowest BCUT2D eigenvalue weighted by molar-refractivity contribution is -0.120. The molecule has 0 saturated heterocycles. The largest absolute Gasteiger partial charge is 0.478 e. The Labute approximate surface area is 113 Å². The van der Waals surface area contributed by atoms with Gasteiger partial charge in [-0.3, -0.25) is 4.79 Å². The second-order valence-electron chi connectivity index (χ2n) is 4.59. The number of nitrogens with one attached hydrogen (secondary N) is 1. The summed E-state index contributed by atoms with van der Waals surface area (Å²) in [4.78, 5) is 23.2. The average Bonchev–Trinajstić information content (AvgIpc) is 2.40. The molecule has 4 nitrogen and oxygen atoms in total. The van der Waals surface area contributed by atoms with Crippen molar-refractivity contribution >= 4 is 17.6 Å². The Balaban J connectivity index is 2.78. The fourth-order valence-corrected chi connectivity index (χ4v) is 1.98. The first kappa shape index (κ1) is 15.2. The minimum atomic E-state index is -1.03. The number of carboxylic acid groups (broad SMARTS) is 1. The van der Waals surface area contributed by atoms with E-state index in [1.54, 1.807) is 18.2 Å². The van der Waals surface area contributed by atoms with Crippen LogP contribution in [0, 0.1) is 5.92 Å². The molecule has 1 rings (SSSR count). The normalized spacial score (nSPS) is 11.9. The van der Waals surface area contributed by atoms with Gasteiger partial charge in [-0.25, -0.2) is 4.79 Å². The van der Waals surface area contributed by atoms with Gasteiger partial charge in [0.2, 0.25) is 5.91 Å². The number of carbonyl (C=O) groups excluding carboxylic acids is 1. The molecule has 0 heterocycles. The van der Waals surface area contributed by atoms with Gasteiger partial charge in [-0.15, -0.1) is 0 Å². The Kier molecular flexibility index (Phi) is 6.06. The minimum Gasteiger partial charge on any atom is -0.478 e. The van der Waals surface area contributed by atoms with E-state index in [4.69, 9.17) is 5.11 Å². The highest BCUT2D eigenvalue weighted by Crippen LogP contribution is 2.19. The number of amides is 1. The van der Waals surface area contributed by atoms with Crippen LogP contribution in [0.15, 0.2) is 24.3 Å². The van der Waals surface area contributed by atoms with Gasteiger partial charge in [-0.2, -0.15) is 0 Å². The second-order valence-corrected chi connectivity index (χ2v) is 4.59. The maximum atomic E-state index is 12.1. The van der Waals surface area contributed by atoms with E-state index in [0.717, 1.165) is 25.7 Å². The standard InChI is InChI=1S/C15H21NO3/c1-3-5-8-11(4-2)14(17)16-13-10-7-6-9-12(13)15(18)19/h6-7,9-11H,3-5,8H2,1-2H3,(H,16,17)(H,18,19). The zero-order valence-electron chi connectivity index (χ0n) is 11.5. The Morgan fingerprint density at radius 3 is 2.53 bits per heavy atom. The number of carbonyl (C=O) groups is 2. The molecule has 0 aliphatic rings. The Hall–Kier alpha value is -1.84. The van der Waals surface area contributed by atoms with Crippen LogP contribution in [0.2, 0.25) is 0 Å². The predicted octanol–water partition coefficient (Wildman–Crippen LogP) is 3.54. The van der Waals surface area contributed by atoms with Crippen molar-refractivity contribution in [1.29, 1.82) is 0 Å². The first-order valence-corrected chi connectivity index (χ1v) is 6.73. The molecule has 0 aromatic heterocycles. The van der Waals surface area contributed by atoms with Gasteiger partial charge in [0.05, 0.1) is 11.3 Å². The van der Waals surface area contributed by atoms with Crippen molar-refractivity contribution in [2.45, 2.75) is 39.5 Å².